The fourth-order valence-corrected chi connectivity index (χ4v) is 7.17. The molecule has 8 heteroatoms. The lowest BCUT2D eigenvalue weighted by Crippen LogP contribution is -2.29. The number of hydrogen-bond acceptors (Lipinski definition) is 5. The van der Waals surface area contributed by atoms with Crippen LogP contribution in [-0.4, -0.2) is 35.4 Å². The summed E-state index contributed by atoms with van der Waals surface area (Å²) in [5.74, 6) is -1.58. The van der Waals surface area contributed by atoms with Crippen LogP contribution in [-0.2, 0) is 5.41 Å². The van der Waals surface area contributed by atoms with Gasteiger partial charge in [-0.15, -0.1) is 12.6 Å². The molecule has 0 aromatic heterocycles. The number of aromatic carboxylic acids is 2. The molecule has 0 radical (unpaired) electrons. The summed E-state index contributed by atoms with van der Waals surface area (Å²) in [7, 11) is 0. The predicted molar refractivity (Wildman–Crippen MR) is 192 cm³/mol. The van der Waals surface area contributed by atoms with Gasteiger partial charge < -0.3 is 19.7 Å². The maximum Gasteiger partial charge on any atom is 0.339 e. The monoisotopic (exact) mass is 716 g/mol. The topological polar surface area (TPSA) is 93.1 Å². The first-order valence-corrected chi connectivity index (χ1v) is 17.6. The molecule has 0 heterocycles. The summed E-state index contributed by atoms with van der Waals surface area (Å²) in [6.07, 6.45) is 8.09. The Labute approximate surface area is 290 Å². The summed E-state index contributed by atoms with van der Waals surface area (Å²) in [5, 5.41) is 20.8. The molecule has 0 amide bonds. The molecule has 0 fully saturated rings. The van der Waals surface area contributed by atoms with Gasteiger partial charge in [0.1, 0.15) is 22.6 Å². The molecule has 4 aromatic rings. The van der Waals surface area contributed by atoms with Crippen LogP contribution >= 0.6 is 28.6 Å². The van der Waals surface area contributed by atoms with Crippen LogP contribution in [0.5, 0.6) is 11.5 Å². The molecule has 0 saturated carbocycles. The number of thiol groups is 1. The minimum Gasteiger partial charge on any atom is -0.493 e. The van der Waals surface area contributed by atoms with Crippen molar-refractivity contribution in [1.29, 1.82) is 0 Å². The predicted octanol–water partition coefficient (Wildman–Crippen LogP) is 10.4. The number of carboxylic acids is 2. The van der Waals surface area contributed by atoms with E-state index in [4.69, 9.17) is 22.1 Å². The lowest BCUT2D eigenvalue weighted by atomic mass is 9.67. The number of halogens is 1. The quantitative estimate of drug-likeness (QED) is 0.0695. The zero-order valence-electron chi connectivity index (χ0n) is 26.9. The standard InChI is InChI=1S/C39H41BrO6S/c1-3-5-7-9-19-45-35-17-11-25(21-31(35)37(41)42)39(26-12-18-36(32(22-26)38(43)44)46-20-10-8-6-4-2)33-23-27(40)13-15-29(33)30-16-14-28(47)24-34(30)39/h11-18,21-24,47H,3-10,19-20H2,1-2H3,(H,41,42)(H,43,44). The van der Waals surface area contributed by atoms with Gasteiger partial charge in [-0.05, 0) is 94.8 Å². The van der Waals surface area contributed by atoms with Crippen LogP contribution in [0.15, 0.2) is 82.2 Å². The van der Waals surface area contributed by atoms with E-state index in [1.807, 2.05) is 48.5 Å². The van der Waals surface area contributed by atoms with Gasteiger partial charge in [-0.2, -0.15) is 0 Å². The lowest BCUT2D eigenvalue weighted by molar-refractivity contribution is 0.0681. The van der Waals surface area contributed by atoms with Crippen molar-refractivity contribution in [2.75, 3.05) is 13.2 Å². The Bertz CT molecular complexity index is 1640. The van der Waals surface area contributed by atoms with Gasteiger partial charge >= 0.3 is 11.9 Å². The Morgan fingerprint density at radius 1 is 0.660 bits per heavy atom. The highest BCUT2D eigenvalue weighted by molar-refractivity contribution is 9.10. The Morgan fingerprint density at radius 2 is 1.15 bits per heavy atom. The molecule has 6 nitrogen and oxygen atoms in total. The van der Waals surface area contributed by atoms with E-state index in [1.54, 1.807) is 24.3 Å². The molecule has 1 aliphatic carbocycles. The molecule has 0 unspecified atom stereocenters. The van der Waals surface area contributed by atoms with Crippen molar-refractivity contribution in [3.05, 3.63) is 111 Å². The van der Waals surface area contributed by atoms with Crippen LogP contribution < -0.4 is 9.47 Å². The molecule has 0 aliphatic heterocycles. The molecular formula is C39H41BrO6S. The van der Waals surface area contributed by atoms with Crippen molar-refractivity contribution < 1.29 is 29.3 Å². The third kappa shape index (κ3) is 7.09. The molecule has 246 valence electrons. The highest BCUT2D eigenvalue weighted by Gasteiger charge is 2.47. The molecule has 0 bridgehead atoms. The van der Waals surface area contributed by atoms with E-state index in [2.05, 4.69) is 29.8 Å². The number of carboxylic acid groups (broad SMARTS) is 2. The Kier molecular flexibility index (Phi) is 11.4. The average Bonchev–Trinajstić information content (AvgIpc) is 3.33. The summed E-state index contributed by atoms with van der Waals surface area (Å²) in [5.41, 5.74) is 4.10. The highest BCUT2D eigenvalue weighted by atomic mass is 79.9. The second kappa shape index (κ2) is 15.4. The lowest BCUT2D eigenvalue weighted by Gasteiger charge is -2.35. The van der Waals surface area contributed by atoms with E-state index in [0.717, 1.165) is 83.0 Å². The van der Waals surface area contributed by atoms with E-state index < -0.39 is 17.4 Å². The summed E-state index contributed by atoms with van der Waals surface area (Å²) in [6, 6.07) is 22.6. The van der Waals surface area contributed by atoms with Crippen LogP contribution in [0.2, 0.25) is 0 Å². The fourth-order valence-electron chi connectivity index (χ4n) is 6.61. The summed E-state index contributed by atoms with van der Waals surface area (Å²) in [4.78, 5) is 26.2. The maximum absolute atomic E-state index is 12.7. The van der Waals surface area contributed by atoms with Gasteiger partial charge in [0.25, 0.3) is 0 Å². The molecule has 4 aromatic carbocycles. The minimum absolute atomic E-state index is 0.0508. The van der Waals surface area contributed by atoms with Crippen molar-refractivity contribution in [3.63, 3.8) is 0 Å². The second-order valence-corrected chi connectivity index (χ2v) is 13.5. The molecular weight excluding hydrogens is 676 g/mol. The number of unbranched alkanes of at least 4 members (excludes halogenated alkanes) is 6. The van der Waals surface area contributed by atoms with Gasteiger partial charge in [0, 0.05) is 9.37 Å². The number of carbonyl (C=O) groups is 2. The van der Waals surface area contributed by atoms with Crippen LogP contribution in [0.25, 0.3) is 11.1 Å². The summed E-state index contributed by atoms with van der Waals surface area (Å²) >= 11 is 8.38. The maximum atomic E-state index is 12.7. The number of ether oxygens (including phenoxy) is 2. The Balaban J connectivity index is 1.72. The number of rotatable bonds is 16. The molecule has 1 aliphatic rings. The van der Waals surface area contributed by atoms with E-state index >= 15 is 0 Å². The number of benzene rings is 4. The molecule has 2 N–H and O–H groups in total. The third-order valence-corrected chi connectivity index (χ3v) is 9.65. The molecule has 5 rings (SSSR count). The summed E-state index contributed by atoms with van der Waals surface area (Å²) < 4.78 is 12.9. The van der Waals surface area contributed by atoms with Gasteiger partial charge in [0.2, 0.25) is 0 Å². The number of fused-ring (bicyclic) bond motifs is 3. The van der Waals surface area contributed by atoms with Gasteiger partial charge in [-0.1, -0.05) is 92.6 Å². The van der Waals surface area contributed by atoms with Crippen molar-refractivity contribution in [2.45, 2.75) is 75.5 Å². The summed E-state index contributed by atoms with van der Waals surface area (Å²) in [6.45, 7) is 5.13. The van der Waals surface area contributed by atoms with Gasteiger partial charge in [-0.25, -0.2) is 9.59 Å². The van der Waals surface area contributed by atoms with Gasteiger partial charge in [-0.3, -0.25) is 0 Å². The zero-order chi connectivity index (χ0) is 33.6. The Morgan fingerprint density at radius 3 is 1.64 bits per heavy atom. The molecule has 0 atom stereocenters. The van der Waals surface area contributed by atoms with Crippen molar-refractivity contribution >= 4 is 40.5 Å². The largest absolute Gasteiger partial charge is 0.493 e. The molecule has 0 spiro atoms. The molecule has 47 heavy (non-hydrogen) atoms. The van der Waals surface area contributed by atoms with Crippen molar-refractivity contribution in [3.8, 4) is 22.6 Å². The zero-order valence-corrected chi connectivity index (χ0v) is 29.3. The van der Waals surface area contributed by atoms with Gasteiger partial charge in [0.05, 0.1) is 18.6 Å². The number of hydrogen-bond donors (Lipinski definition) is 3. The molecule has 0 saturated heterocycles. The fraction of sp³-hybridized carbons (Fsp3) is 0.333. The Hall–Kier alpha value is -3.75. The first-order chi connectivity index (χ1) is 22.7. The first-order valence-electron chi connectivity index (χ1n) is 16.4. The highest BCUT2D eigenvalue weighted by Crippen LogP contribution is 2.57. The van der Waals surface area contributed by atoms with Crippen molar-refractivity contribution in [2.24, 2.45) is 0 Å². The first kappa shape index (κ1) is 34.6. The van der Waals surface area contributed by atoms with Crippen LogP contribution in [0.1, 0.15) is 108 Å². The van der Waals surface area contributed by atoms with Crippen LogP contribution in [0.4, 0.5) is 0 Å². The van der Waals surface area contributed by atoms with E-state index in [0.29, 0.717) is 35.8 Å². The minimum atomic E-state index is -1.10. The van der Waals surface area contributed by atoms with E-state index in [1.165, 1.54) is 0 Å². The van der Waals surface area contributed by atoms with Crippen LogP contribution in [0, 0.1) is 0 Å². The SMILES string of the molecule is CCCCCCOc1ccc(C2(c3ccc(OCCCCCC)c(C(=O)O)c3)c3cc(S)ccc3-c3ccc(Br)cc32)cc1C(=O)O. The normalized spacial score (nSPS) is 12.8. The second-order valence-electron chi connectivity index (χ2n) is 12.0. The van der Waals surface area contributed by atoms with Crippen molar-refractivity contribution in [1.82, 2.24) is 0 Å². The van der Waals surface area contributed by atoms with Crippen LogP contribution in [0.3, 0.4) is 0 Å². The van der Waals surface area contributed by atoms with Gasteiger partial charge in [0.15, 0.2) is 0 Å². The third-order valence-electron chi connectivity index (χ3n) is 8.88. The van der Waals surface area contributed by atoms with E-state index in [9.17, 15) is 19.8 Å². The average molecular weight is 718 g/mol. The smallest absolute Gasteiger partial charge is 0.339 e. The van der Waals surface area contributed by atoms with E-state index in [-0.39, 0.29) is 11.1 Å².